The fourth-order valence-corrected chi connectivity index (χ4v) is 1.45. The Morgan fingerprint density at radius 1 is 1.42 bits per heavy atom. The molecule has 19 heavy (non-hydrogen) atoms. The molecule has 6 nitrogen and oxygen atoms in total. The van der Waals surface area contributed by atoms with E-state index in [1.54, 1.807) is 0 Å². The van der Waals surface area contributed by atoms with Crippen LogP contribution < -0.4 is 5.32 Å². The summed E-state index contributed by atoms with van der Waals surface area (Å²) in [4.78, 5) is 22.1. The molecule has 1 aromatic rings. The third kappa shape index (κ3) is 4.55. The number of aromatic hydroxyl groups is 1. The van der Waals surface area contributed by atoms with E-state index < -0.39 is 35.5 Å². The van der Waals surface area contributed by atoms with Crippen molar-refractivity contribution in [3.63, 3.8) is 0 Å². The Kier molecular flexibility index (Phi) is 4.44. The SMILES string of the molecule is CC(O)(CNC(=O)c1ccc(F)cc1O)CC(=O)O. The standard InChI is InChI=1S/C12H14FNO5/c1-12(19,5-10(16)17)6-14-11(18)8-3-2-7(13)4-9(8)15/h2-4,15,19H,5-6H2,1H3,(H,14,18)(H,16,17). The van der Waals surface area contributed by atoms with Gasteiger partial charge in [0.25, 0.3) is 5.91 Å². The number of phenols is 1. The Morgan fingerprint density at radius 2 is 2.05 bits per heavy atom. The van der Waals surface area contributed by atoms with E-state index in [1.807, 2.05) is 0 Å². The van der Waals surface area contributed by atoms with Crippen LogP contribution in [-0.2, 0) is 4.79 Å². The van der Waals surface area contributed by atoms with Gasteiger partial charge < -0.3 is 20.6 Å². The van der Waals surface area contributed by atoms with Crippen LogP contribution in [0.3, 0.4) is 0 Å². The maximum absolute atomic E-state index is 12.7. The summed E-state index contributed by atoms with van der Waals surface area (Å²) in [6, 6.07) is 2.88. The number of phenolic OH excluding ortho intramolecular Hbond substituents is 1. The highest BCUT2D eigenvalue weighted by Gasteiger charge is 2.25. The van der Waals surface area contributed by atoms with Gasteiger partial charge in [0.05, 0.1) is 17.6 Å². The Morgan fingerprint density at radius 3 is 2.58 bits per heavy atom. The number of carboxylic acids is 1. The van der Waals surface area contributed by atoms with Crippen molar-refractivity contribution in [1.82, 2.24) is 5.32 Å². The lowest BCUT2D eigenvalue weighted by Gasteiger charge is -2.21. The van der Waals surface area contributed by atoms with Gasteiger partial charge in [-0.15, -0.1) is 0 Å². The molecule has 7 heteroatoms. The van der Waals surface area contributed by atoms with Gasteiger partial charge in [0.2, 0.25) is 0 Å². The van der Waals surface area contributed by atoms with Gasteiger partial charge in [-0.2, -0.15) is 0 Å². The lowest BCUT2D eigenvalue weighted by Crippen LogP contribution is -2.42. The van der Waals surface area contributed by atoms with Crippen molar-refractivity contribution < 1.29 is 29.3 Å². The van der Waals surface area contributed by atoms with E-state index in [0.717, 1.165) is 18.2 Å². The number of hydrogen-bond acceptors (Lipinski definition) is 4. The fraction of sp³-hybridized carbons (Fsp3) is 0.333. The number of carboxylic acid groups (broad SMARTS) is 1. The first kappa shape index (κ1) is 14.9. The van der Waals surface area contributed by atoms with Gasteiger partial charge in [-0.3, -0.25) is 9.59 Å². The number of carbonyl (C=O) groups is 2. The molecule has 4 N–H and O–H groups in total. The molecule has 0 heterocycles. The summed E-state index contributed by atoms with van der Waals surface area (Å²) >= 11 is 0. The highest BCUT2D eigenvalue weighted by atomic mass is 19.1. The molecule has 0 bridgehead atoms. The molecule has 1 unspecified atom stereocenters. The topological polar surface area (TPSA) is 107 Å². The Hall–Kier alpha value is -2.15. The van der Waals surface area contributed by atoms with E-state index in [2.05, 4.69) is 5.32 Å². The van der Waals surface area contributed by atoms with Crippen LogP contribution >= 0.6 is 0 Å². The molecule has 1 atom stereocenters. The van der Waals surface area contributed by atoms with Crippen LogP contribution in [0.5, 0.6) is 5.75 Å². The van der Waals surface area contributed by atoms with Crippen LogP contribution in [0.4, 0.5) is 4.39 Å². The zero-order valence-corrected chi connectivity index (χ0v) is 10.2. The lowest BCUT2D eigenvalue weighted by molar-refractivity contribution is -0.141. The highest BCUT2D eigenvalue weighted by molar-refractivity contribution is 5.96. The van der Waals surface area contributed by atoms with Crippen molar-refractivity contribution in [2.75, 3.05) is 6.54 Å². The summed E-state index contributed by atoms with van der Waals surface area (Å²) < 4.78 is 12.7. The second-order valence-corrected chi connectivity index (χ2v) is 4.41. The average molecular weight is 271 g/mol. The third-order valence-electron chi connectivity index (χ3n) is 2.37. The van der Waals surface area contributed by atoms with Gasteiger partial charge in [0.15, 0.2) is 0 Å². The van der Waals surface area contributed by atoms with Crippen LogP contribution in [0.2, 0.25) is 0 Å². The largest absolute Gasteiger partial charge is 0.507 e. The van der Waals surface area contributed by atoms with Crippen LogP contribution in [0.25, 0.3) is 0 Å². The first-order valence-corrected chi connectivity index (χ1v) is 5.42. The van der Waals surface area contributed by atoms with Crippen LogP contribution in [0.15, 0.2) is 18.2 Å². The van der Waals surface area contributed by atoms with Crippen LogP contribution in [0, 0.1) is 5.82 Å². The van der Waals surface area contributed by atoms with Crippen LogP contribution in [0.1, 0.15) is 23.7 Å². The summed E-state index contributed by atoms with van der Waals surface area (Å²) in [5.74, 6) is -3.16. The van der Waals surface area contributed by atoms with E-state index in [0.29, 0.717) is 0 Å². The highest BCUT2D eigenvalue weighted by Crippen LogP contribution is 2.18. The second kappa shape index (κ2) is 5.66. The molecule has 0 radical (unpaired) electrons. The van der Waals surface area contributed by atoms with Gasteiger partial charge in [0.1, 0.15) is 11.6 Å². The molecule has 0 spiro atoms. The zero-order valence-electron chi connectivity index (χ0n) is 10.2. The van der Waals surface area contributed by atoms with E-state index >= 15 is 0 Å². The molecular formula is C12H14FNO5. The Balaban J connectivity index is 2.68. The van der Waals surface area contributed by atoms with Crippen molar-refractivity contribution >= 4 is 11.9 Å². The predicted molar refractivity (Wildman–Crippen MR) is 63.3 cm³/mol. The average Bonchev–Trinajstić information content (AvgIpc) is 2.24. The van der Waals surface area contributed by atoms with E-state index in [4.69, 9.17) is 5.11 Å². The first-order valence-electron chi connectivity index (χ1n) is 5.42. The maximum Gasteiger partial charge on any atom is 0.306 e. The quantitative estimate of drug-likeness (QED) is 0.623. The number of halogens is 1. The molecule has 1 rings (SSSR count). The van der Waals surface area contributed by atoms with Gasteiger partial charge in [-0.1, -0.05) is 0 Å². The van der Waals surface area contributed by atoms with Crippen molar-refractivity contribution in [3.05, 3.63) is 29.6 Å². The lowest BCUT2D eigenvalue weighted by atomic mass is 10.0. The Labute approximate surface area is 108 Å². The van der Waals surface area contributed by atoms with Crippen molar-refractivity contribution in [1.29, 1.82) is 0 Å². The zero-order chi connectivity index (χ0) is 14.6. The minimum absolute atomic E-state index is 0.160. The number of amides is 1. The summed E-state index contributed by atoms with van der Waals surface area (Å²) in [5.41, 5.74) is -1.77. The minimum Gasteiger partial charge on any atom is -0.507 e. The molecule has 0 saturated heterocycles. The minimum atomic E-state index is -1.61. The molecule has 1 amide bonds. The fourth-order valence-electron chi connectivity index (χ4n) is 1.45. The van der Waals surface area contributed by atoms with Crippen molar-refractivity contribution in [3.8, 4) is 5.75 Å². The molecular weight excluding hydrogens is 257 g/mol. The molecule has 0 saturated carbocycles. The van der Waals surface area contributed by atoms with Crippen LogP contribution in [-0.4, -0.2) is 39.3 Å². The van der Waals surface area contributed by atoms with Gasteiger partial charge in [-0.25, -0.2) is 4.39 Å². The predicted octanol–water partition coefficient (Wildman–Crippen LogP) is 0.487. The van der Waals surface area contributed by atoms with E-state index in [9.17, 15) is 24.2 Å². The summed E-state index contributed by atoms with van der Waals surface area (Å²) in [7, 11) is 0. The second-order valence-electron chi connectivity index (χ2n) is 4.41. The maximum atomic E-state index is 12.7. The molecule has 0 aliphatic rings. The number of aliphatic carboxylic acids is 1. The first-order chi connectivity index (χ1) is 8.71. The van der Waals surface area contributed by atoms with Gasteiger partial charge in [0, 0.05) is 12.6 Å². The molecule has 0 fully saturated rings. The number of aliphatic hydroxyl groups is 1. The van der Waals surface area contributed by atoms with Crippen molar-refractivity contribution in [2.24, 2.45) is 0 Å². The number of rotatable bonds is 5. The number of nitrogens with one attached hydrogen (secondary N) is 1. The number of benzene rings is 1. The Bertz CT molecular complexity index is 501. The molecule has 0 aliphatic heterocycles. The molecule has 104 valence electrons. The smallest absolute Gasteiger partial charge is 0.306 e. The normalized spacial score (nSPS) is 13.6. The molecule has 1 aromatic carbocycles. The van der Waals surface area contributed by atoms with E-state index in [1.165, 1.54) is 6.92 Å². The van der Waals surface area contributed by atoms with Gasteiger partial charge >= 0.3 is 5.97 Å². The van der Waals surface area contributed by atoms with E-state index in [-0.39, 0.29) is 12.1 Å². The molecule has 0 aliphatic carbocycles. The number of hydrogen-bond donors (Lipinski definition) is 4. The molecule has 0 aromatic heterocycles. The summed E-state index contributed by atoms with van der Waals surface area (Å²) in [5, 5.41) is 29.9. The monoisotopic (exact) mass is 271 g/mol. The van der Waals surface area contributed by atoms with Crippen molar-refractivity contribution in [2.45, 2.75) is 18.9 Å². The van der Waals surface area contributed by atoms with Gasteiger partial charge in [-0.05, 0) is 19.1 Å². The summed E-state index contributed by atoms with van der Waals surface area (Å²) in [6.45, 7) is 0.945. The summed E-state index contributed by atoms with van der Waals surface area (Å²) in [6.07, 6.45) is -0.539. The number of carbonyl (C=O) groups excluding carboxylic acids is 1. The third-order valence-corrected chi connectivity index (χ3v) is 2.37.